The third-order valence-electron chi connectivity index (χ3n) is 5.45. The van der Waals surface area contributed by atoms with Gasteiger partial charge >= 0.3 is 0 Å². The number of hydrogen-bond acceptors (Lipinski definition) is 6. The Bertz CT molecular complexity index is 1040. The molecule has 1 heterocycles. The van der Waals surface area contributed by atoms with Crippen LogP contribution in [0.25, 0.3) is 0 Å². The number of carbonyl (C=O) groups excluding carboxylic acids is 2. The highest BCUT2D eigenvalue weighted by Crippen LogP contribution is 2.40. The number of amides is 1. The first-order valence-electron chi connectivity index (χ1n) is 9.99. The minimum absolute atomic E-state index is 0.0283. The molecule has 0 aromatic heterocycles. The van der Waals surface area contributed by atoms with Crippen molar-refractivity contribution >= 4 is 23.1 Å². The Morgan fingerprint density at radius 2 is 1.58 bits per heavy atom. The fourth-order valence-electron chi connectivity index (χ4n) is 3.77. The van der Waals surface area contributed by atoms with Gasteiger partial charge < -0.3 is 19.4 Å². The fourth-order valence-corrected chi connectivity index (χ4v) is 3.77. The van der Waals surface area contributed by atoms with Gasteiger partial charge in [-0.2, -0.15) is 5.26 Å². The number of para-hydroxylation sites is 3. The van der Waals surface area contributed by atoms with Crippen LogP contribution in [0.2, 0.25) is 0 Å². The van der Waals surface area contributed by atoms with Gasteiger partial charge in [-0.15, -0.1) is 0 Å². The van der Waals surface area contributed by atoms with Gasteiger partial charge in [-0.3, -0.25) is 9.59 Å². The molecule has 2 aromatic rings. The summed E-state index contributed by atoms with van der Waals surface area (Å²) in [5.74, 6) is 0.728. The Hall–Kier alpha value is -3.79. The number of nitriles is 1. The Morgan fingerprint density at radius 1 is 1.00 bits per heavy atom. The van der Waals surface area contributed by atoms with Crippen molar-refractivity contribution in [3.05, 3.63) is 65.5 Å². The molecule has 7 nitrogen and oxygen atoms in total. The highest BCUT2D eigenvalue weighted by Gasteiger charge is 2.31. The van der Waals surface area contributed by atoms with Gasteiger partial charge in [-0.05, 0) is 18.2 Å². The SMILES string of the molecule is COc1ccccc1CN(C)C(=O)CCC(=O)C(C#N)=C1N(C)c2ccccc2N1C. The Kier molecular flexibility index (Phi) is 6.61. The van der Waals surface area contributed by atoms with E-state index in [9.17, 15) is 14.9 Å². The zero-order valence-corrected chi connectivity index (χ0v) is 18.3. The number of anilines is 2. The van der Waals surface area contributed by atoms with Gasteiger partial charge in [0.1, 0.15) is 23.2 Å². The van der Waals surface area contributed by atoms with Gasteiger partial charge in [0.2, 0.25) is 5.91 Å². The van der Waals surface area contributed by atoms with Gasteiger partial charge in [0.15, 0.2) is 5.78 Å². The van der Waals surface area contributed by atoms with Crippen LogP contribution in [0, 0.1) is 11.3 Å². The molecule has 0 N–H and O–H groups in total. The molecular formula is C24H26N4O3. The number of methoxy groups -OCH3 is 1. The van der Waals surface area contributed by atoms with Gasteiger partial charge in [0, 0.05) is 46.1 Å². The third kappa shape index (κ3) is 4.38. The predicted octanol–water partition coefficient (Wildman–Crippen LogP) is 3.32. The quantitative estimate of drug-likeness (QED) is 0.507. The monoisotopic (exact) mass is 418 g/mol. The van der Waals surface area contributed by atoms with Gasteiger partial charge in [0.05, 0.1) is 18.5 Å². The molecule has 0 atom stereocenters. The second-order valence-corrected chi connectivity index (χ2v) is 7.40. The molecule has 0 saturated carbocycles. The molecule has 1 amide bonds. The fraction of sp³-hybridized carbons (Fsp3) is 0.292. The molecular weight excluding hydrogens is 392 g/mol. The molecule has 1 aliphatic heterocycles. The van der Waals surface area contributed by atoms with Crippen LogP contribution in [0.5, 0.6) is 5.75 Å². The lowest BCUT2D eigenvalue weighted by atomic mass is 10.1. The summed E-state index contributed by atoms with van der Waals surface area (Å²) in [7, 11) is 6.94. The number of carbonyl (C=O) groups is 2. The molecule has 1 aliphatic rings. The van der Waals surface area contributed by atoms with Gasteiger partial charge in [-0.25, -0.2) is 0 Å². The molecule has 2 aromatic carbocycles. The minimum atomic E-state index is -0.344. The predicted molar refractivity (Wildman–Crippen MR) is 120 cm³/mol. The van der Waals surface area contributed by atoms with Crippen molar-refractivity contribution in [2.45, 2.75) is 19.4 Å². The van der Waals surface area contributed by atoms with Crippen LogP contribution in [0.1, 0.15) is 18.4 Å². The van der Waals surface area contributed by atoms with E-state index in [1.54, 1.807) is 19.1 Å². The maximum atomic E-state index is 12.9. The van der Waals surface area contributed by atoms with Crippen molar-refractivity contribution in [2.75, 3.05) is 38.1 Å². The van der Waals surface area contributed by atoms with Crippen LogP contribution in [0.3, 0.4) is 0 Å². The van der Waals surface area contributed by atoms with Crippen molar-refractivity contribution in [1.82, 2.24) is 4.90 Å². The van der Waals surface area contributed by atoms with Crippen molar-refractivity contribution in [2.24, 2.45) is 0 Å². The minimum Gasteiger partial charge on any atom is -0.496 e. The Balaban J connectivity index is 1.69. The summed E-state index contributed by atoms with van der Waals surface area (Å²) in [4.78, 5) is 30.7. The molecule has 0 bridgehead atoms. The van der Waals surface area contributed by atoms with Crippen LogP contribution >= 0.6 is 0 Å². The lowest BCUT2D eigenvalue weighted by Crippen LogP contribution is -2.28. The van der Waals surface area contributed by atoms with Crippen LogP contribution in [-0.4, -0.2) is 44.8 Å². The number of ketones is 1. The maximum absolute atomic E-state index is 12.9. The summed E-state index contributed by atoms with van der Waals surface area (Å²) in [6, 6.07) is 17.3. The molecule has 0 saturated heterocycles. The number of ether oxygens (including phenoxy) is 1. The maximum Gasteiger partial charge on any atom is 0.223 e. The van der Waals surface area contributed by atoms with E-state index in [1.807, 2.05) is 72.4 Å². The highest BCUT2D eigenvalue weighted by molar-refractivity contribution is 6.03. The van der Waals surface area contributed by atoms with E-state index >= 15 is 0 Å². The van der Waals surface area contributed by atoms with Crippen LogP contribution in [-0.2, 0) is 16.1 Å². The number of allylic oxidation sites excluding steroid dienone is 1. The number of Topliss-reactive ketones (excluding diaryl/α,β-unsaturated/α-hetero) is 1. The summed E-state index contributed by atoms with van der Waals surface area (Å²) in [6.45, 7) is 0.379. The van der Waals surface area contributed by atoms with Crippen molar-refractivity contribution in [1.29, 1.82) is 5.26 Å². The van der Waals surface area contributed by atoms with Crippen molar-refractivity contribution in [3.8, 4) is 11.8 Å². The molecule has 0 fully saturated rings. The van der Waals surface area contributed by atoms with E-state index in [0.717, 1.165) is 16.9 Å². The van der Waals surface area contributed by atoms with Crippen LogP contribution in [0.4, 0.5) is 11.4 Å². The van der Waals surface area contributed by atoms with Crippen molar-refractivity contribution < 1.29 is 14.3 Å². The lowest BCUT2D eigenvalue weighted by molar-refractivity contribution is -0.132. The molecule has 0 aliphatic carbocycles. The van der Waals surface area contributed by atoms with Gasteiger partial charge in [0.25, 0.3) is 0 Å². The van der Waals surface area contributed by atoms with E-state index < -0.39 is 0 Å². The van der Waals surface area contributed by atoms with Crippen LogP contribution in [0.15, 0.2) is 59.9 Å². The van der Waals surface area contributed by atoms with E-state index in [2.05, 4.69) is 6.07 Å². The smallest absolute Gasteiger partial charge is 0.223 e. The molecule has 0 radical (unpaired) electrons. The topological polar surface area (TPSA) is 76.9 Å². The Morgan fingerprint density at radius 3 is 2.16 bits per heavy atom. The molecule has 31 heavy (non-hydrogen) atoms. The highest BCUT2D eigenvalue weighted by atomic mass is 16.5. The first kappa shape index (κ1) is 21.9. The van der Waals surface area contributed by atoms with E-state index in [-0.39, 0.29) is 30.1 Å². The molecule has 7 heteroatoms. The average molecular weight is 418 g/mol. The summed E-state index contributed by atoms with van der Waals surface area (Å²) >= 11 is 0. The second kappa shape index (κ2) is 9.35. The summed E-state index contributed by atoms with van der Waals surface area (Å²) in [5, 5.41) is 9.71. The first-order valence-corrected chi connectivity index (χ1v) is 9.99. The Labute approximate surface area is 182 Å². The lowest BCUT2D eigenvalue weighted by Gasteiger charge is -2.20. The number of benzene rings is 2. The zero-order valence-electron chi connectivity index (χ0n) is 18.3. The summed E-state index contributed by atoms with van der Waals surface area (Å²) in [6.07, 6.45) is 0.00281. The molecule has 160 valence electrons. The van der Waals surface area contributed by atoms with E-state index in [0.29, 0.717) is 18.1 Å². The summed E-state index contributed by atoms with van der Waals surface area (Å²) in [5.41, 5.74) is 2.79. The van der Waals surface area contributed by atoms with Crippen molar-refractivity contribution in [3.63, 3.8) is 0 Å². The normalized spacial score (nSPS) is 12.3. The largest absolute Gasteiger partial charge is 0.496 e. The number of hydrogen-bond donors (Lipinski definition) is 0. The zero-order chi connectivity index (χ0) is 22.5. The molecule has 0 spiro atoms. The number of rotatable bonds is 7. The van der Waals surface area contributed by atoms with E-state index in [1.165, 1.54) is 0 Å². The summed E-state index contributed by atoms with van der Waals surface area (Å²) < 4.78 is 5.33. The first-order chi connectivity index (χ1) is 14.9. The van der Waals surface area contributed by atoms with Gasteiger partial charge in [-0.1, -0.05) is 30.3 Å². The molecule has 0 unspecified atom stereocenters. The second-order valence-electron chi connectivity index (χ2n) is 7.40. The van der Waals surface area contributed by atoms with Crippen LogP contribution < -0.4 is 14.5 Å². The number of fused-ring (bicyclic) bond motifs is 1. The average Bonchev–Trinajstić information content (AvgIpc) is 3.03. The van der Waals surface area contributed by atoms with E-state index in [4.69, 9.17) is 4.74 Å². The number of nitrogens with zero attached hydrogens (tertiary/aromatic N) is 4. The molecule has 3 rings (SSSR count). The third-order valence-corrected chi connectivity index (χ3v) is 5.45. The standard InChI is InChI=1S/C24H26N4O3/c1-26(16-17-9-5-8-12-22(17)31-4)23(30)14-13-21(29)18(15-25)24-27(2)19-10-6-7-11-20(19)28(24)3/h5-12H,13-14,16H2,1-4H3.